The van der Waals surface area contributed by atoms with Crippen LogP contribution in [0.1, 0.15) is 27.2 Å². The molecule has 0 aromatic heterocycles. The number of likely N-dealkylation sites (N-methyl/N-ethyl adjacent to an activating group) is 1. The summed E-state index contributed by atoms with van der Waals surface area (Å²) in [4.78, 5) is 5.08. The highest BCUT2D eigenvalue weighted by Gasteiger charge is 2.21. The highest BCUT2D eigenvalue weighted by Crippen LogP contribution is 2.09. The molecule has 1 N–H and O–H groups in total. The fourth-order valence-corrected chi connectivity index (χ4v) is 2.17. The Labute approximate surface area is 94.8 Å². The van der Waals surface area contributed by atoms with Crippen LogP contribution in [0.5, 0.6) is 0 Å². The molecule has 1 fully saturated rings. The summed E-state index contributed by atoms with van der Waals surface area (Å²) >= 11 is 0. The standard InChI is InChI=1S/C12H27N3/c1-5-12-10-15(9-8-14(12)4)7-6-13-11(2)3/h11-13H,5-10H2,1-4H3. The highest BCUT2D eigenvalue weighted by molar-refractivity contribution is 4.79. The maximum atomic E-state index is 3.48. The molecule has 1 rings (SSSR count). The molecule has 0 spiro atoms. The third-order valence-electron chi connectivity index (χ3n) is 3.31. The molecule has 0 aliphatic carbocycles. The van der Waals surface area contributed by atoms with Crippen molar-refractivity contribution in [1.82, 2.24) is 15.1 Å². The minimum absolute atomic E-state index is 0.611. The van der Waals surface area contributed by atoms with Gasteiger partial charge in [0.1, 0.15) is 0 Å². The summed E-state index contributed by atoms with van der Waals surface area (Å²) < 4.78 is 0. The van der Waals surface area contributed by atoms with Gasteiger partial charge in [-0.05, 0) is 13.5 Å². The fourth-order valence-electron chi connectivity index (χ4n) is 2.17. The number of hydrogen-bond acceptors (Lipinski definition) is 3. The third-order valence-corrected chi connectivity index (χ3v) is 3.31. The lowest BCUT2D eigenvalue weighted by molar-refractivity contribution is 0.0936. The van der Waals surface area contributed by atoms with Crippen LogP contribution >= 0.6 is 0 Å². The van der Waals surface area contributed by atoms with E-state index >= 15 is 0 Å². The van der Waals surface area contributed by atoms with Gasteiger partial charge in [-0.15, -0.1) is 0 Å². The molecule has 1 unspecified atom stereocenters. The SMILES string of the molecule is CCC1CN(CCNC(C)C)CCN1C. The molecule has 1 atom stereocenters. The van der Waals surface area contributed by atoms with Crippen LogP contribution in [0.25, 0.3) is 0 Å². The Morgan fingerprint density at radius 3 is 2.67 bits per heavy atom. The molecule has 3 heteroatoms. The van der Waals surface area contributed by atoms with Gasteiger partial charge in [-0.2, -0.15) is 0 Å². The topological polar surface area (TPSA) is 18.5 Å². The Morgan fingerprint density at radius 2 is 2.07 bits per heavy atom. The van der Waals surface area contributed by atoms with E-state index in [1.165, 1.54) is 32.6 Å². The Morgan fingerprint density at radius 1 is 1.33 bits per heavy atom. The van der Waals surface area contributed by atoms with Crippen LogP contribution in [-0.4, -0.2) is 61.7 Å². The number of piperazine rings is 1. The van der Waals surface area contributed by atoms with Crippen molar-refractivity contribution in [3.05, 3.63) is 0 Å². The molecule has 3 nitrogen and oxygen atoms in total. The molecule has 15 heavy (non-hydrogen) atoms. The van der Waals surface area contributed by atoms with Gasteiger partial charge in [0, 0.05) is 44.8 Å². The molecule has 0 radical (unpaired) electrons. The molecular weight excluding hydrogens is 186 g/mol. The van der Waals surface area contributed by atoms with Crippen LogP contribution in [0, 0.1) is 0 Å². The maximum absolute atomic E-state index is 3.48. The smallest absolute Gasteiger partial charge is 0.0218 e. The summed E-state index contributed by atoms with van der Waals surface area (Å²) in [5.41, 5.74) is 0. The van der Waals surface area contributed by atoms with Crippen molar-refractivity contribution in [2.45, 2.75) is 39.3 Å². The second-order valence-corrected chi connectivity index (χ2v) is 4.95. The molecule has 0 aromatic rings. The molecule has 0 bridgehead atoms. The summed E-state index contributed by atoms with van der Waals surface area (Å²) in [6.45, 7) is 12.7. The average molecular weight is 213 g/mol. The predicted molar refractivity (Wildman–Crippen MR) is 66.3 cm³/mol. The minimum atomic E-state index is 0.611. The van der Waals surface area contributed by atoms with Crippen molar-refractivity contribution >= 4 is 0 Å². The van der Waals surface area contributed by atoms with Crippen LogP contribution in [0.15, 0.2) is 0 Å². The molecule has 1 heterocycles. The average Bonchev–Trinajstić information content (AvgIpc) is 2.20. The molecule has 1 aliphatic heterocycles. The number of hydrogen-bond donors (Lipinski definition) is 1. The van der Waals surface area contributed by atoms with E-state index in [1.54, 1.807) is 0 Å². The summed E-state index contributed by atoms with van der Waals surface area (Å²) in [7, 11) is 2.25. The van der Waals surface area contributed by atoms with Gasteiger partial charge in [0.25, 0.3) is 0 Å². The van der Waals surface area contributed by atoms with Gasteiger partial charge in [0.15, 0.2) is 0 Å². The molecule has 90 valence electrons. The van der Waals surface area contributed by atoms with E-state index in [-0.39, 0.29) is 0 Å². The van der Waals surface area contributed by atoms with Gasteiger partial charge in [0.05, 0.1) is 0 Å². The largest absolute Gasteiger partial charge is 0.313 e. The van der Waals surface area contributed by atoms with Crippen LogP contribution < -0.4 is 5.32 Å². The lowest BCUT2D eigenvalue weighted by atomic mass is 10.1. The van der Waals surface area contributed by atoms with Crippen molar-refractivity contribution in [3.63, 3.8) is 0 Å². The fraction of sp³-hybridized carbons (Fsp3) is 1.00. The number of nitrogens with zero attached hydrogens (tertiary/aromatic N) is 2. The van der Waals surface area contributed by atoms with Gasteiger partial charge in [0.2, 0.25) is 0 Å². The van der Waals surface area contributed by atoms with Crippen molar-refractivity contribution < 1.29 is 0 Å². The summed E-state index contributed by atoms with van der Waals surface area (Å²) in [6, 6.07) is 1.37. The maximum Gasteiger partial charge on any atom is 0.0218 e. The van der Waals surface area contributed by atoms with Crippen LogP contribution in [0.2, 0.25) is 0 Å². The zero-order valence-corrected chi connectivity index (χ0v) is 10.8. The van der Waals surface area contributed by atoms with Gasteiger partial charge in [-0.1, -0.05) is 20.8 Å². The third kappa shape index (κ3) is 4.49. The summed E-state index contributed by atoms with van der Waals surface area (Å²) in [5, 5.41) is 3.48. The van der Waals surface area contributed by atoms with Crippen molar-refractivity contribution in [3.8, 4) is 0 Å². The van der Waals surface area contributed by atoms with Crippen molar-refractivity contribution in [2.75, 3.05) is 39.8 Å². The van der Waals surface area contributed by atoms with E-state index in [1.807, 2.05) is 0 Å². The summed E-state index contributed by atoms with van der Waals surface area (Å²) in [6.07, 6.45) is 1.27. The predicted octanol–water partition coefficient (Wildman–Crippen LogP) is 1.01. The van der Waals surface area contributed by atoms with E-state index in [4.69, 9.17) is 0 Å². The van der Waals surface area contributed by atoms with E-state index in [2.05, 4.69) is 42.9 Å². The Hall–Kier alpha value is -0.120. The van der Waals surface area contributed by atoms with Crippen LogP contribution in [-0.2, 0) is 0 Å². The highest BCUT2D eigenvalue weighted by atomic mass is 15.3. The quantitative estimate of drug-likeness (QED) is 0.735. The summed E-state index contributed by atoms with van der Waals surface area (Å²) in [5.74, 6) is 0. The van der Waals surface area contributed by atoms with Gasteiger partial charge in [-0.25, -0.2) is 0 Å². The van der Waals surface area contributed by atoms with Gasteiger partial charge >= 0.3 is 0 Å². The van der Waals surface area contributed by atoms with Crippen LogP contribution in [0.3, 0.4) is 0 Å². The van der Waals surface area contributed by atoms with E-state index in [9.17, 15) is 0 Å². The normalized spacial score (nSPS) is 25.0. The molecule has 0 amide bonds. The number of rotatable bonds is 5. The molecular formula is C12H27N3. The molecule has 0 aromatic carbocycles. The van der Waals surface area contributed by atoms with Gasteiger partial charge in [-0.3, -0.25) is 4.90 Å². The minimum Gasteiger partial charge on any atom is -0.313 e. The second-order valence-electron chi connectivity index (χ2n) is 4.95. The lowest BCUT2D eigenvalue weighted by Crippen LogP contribution is -2.52. The molecule has 0 saturated carbocycles. The Bertz CT molecular complexity index is 170. The Kier molecular flexibility index (Phi) is 5.58. The first-order valence-electron chi connectivity index (χ1n) is 6.29. The first-order valence-corrected chi connectivity index (χ1v) is 6.29. The first-order chi connectivity index (χ1) is 7.13. The van der Waals surface area contributed by atoms with E-state index in [0.29, 0.717) is 6.04 Å². The van der Waals surface area contributed by atoms with Gasteiger partial charge < -0.3 is 10.2 Å². The van der Waals surface area contributed by atoms with Crippen molar-refractivity contribution in [2.24, 2.45) is 0 Å². The zero-order chi connectivity index (χ0) is 11.3. The monoisotopic (exact) mass is 213 g/mol. The molecule has 1 aliphatic rings. The number of nitrogens with one attached hydrogen (secondary N) is 1. The molecule has 1 saturated heterocycles. The second kappa shape index (κ2) is 6.46. The van der Waals surface area contributed by atoms with E-state index < -0.39 is 0 Å². The first kappa shape index (κ1) is 12.9. The zero-order valence-electron chi connectivity index (χ0n) is 10.8. The van der Waals surface area contributed by atoms with Crippen LogP contribution in [0.4, 0.5) is 0 Å². The van der Waals surface area contributed by atoms with Crippen molar-refractivity contribution in [1.29, 1.82) is 0 Å². The lowest BCUT2D eigenvalue weighted by Gasteiger charge is -2.39. The van der Waals surface area contributed by atoms with E-state index in [0.717, 1.165) is 12.6 Å². The Balaban J connectivity index is 2.20.